The summed E-state index contributed by atoms with van der Waals surface area (Å²) in [6.45, 7) is 19.2. The highest BCUT2D eigenvalue weighted by molar-refractivity contribution is 6.74. The molecule has 1 fully saturated rings. The molecule has 4 heteroatoms. The van der Waals surface area contributed by atoms with Gasteiger partial charge in [0.15, 0.2) is 8.32 Å². The summed E-state index contributed by atoms with van der Waals surface area (Å²) in [7, 11) is -1.88. The Balaban J connectivity index is 3.17. The molecule has 1 aliphatic rings. The molecule has 0 aliphatic heterocycles. The van der Waals surface area contributed by atoms with Gasteiger partial charge in [0, 0.05) is 18.1 Å². The number of aldehydes is 1. The van der Waals surface area contributed by atoms with Gasteiger partial charge >= 0.3 is 0 Å². The number of rotatable bonds is 4. The Labute approximate surface area is 155 Å². The van der Waals surface area contributed by atoms with E-state index in [1.807, 2.05) is 13.8 Å². The van der Waals surface area contributed by atoms with Crippen molar-refractivity contribution in [2.75, 3.05) is 0 Å². The molecule has 142 valence electrons. The van der Waals surface area contributed by atoms with E-state index in [0.29, 0.717) is 6.42 Å². The molecular formula is C21H36O3Si. The van der Waals surface area contributed by atoms with Gasteiger partial charge in [-0.25, -0.2) is 0 Å². The molecule has 25 heavy (non-hydrogen) atoms. The standard InChI is InChI=1S/C21H36O3Si/c1-16(12-13-22)10-11-18-20(5,6)14-17(15-21(18,7)23)24-25(8,9)19(2,3)4/h10,12-13,17,23H,14-15H2,1-9H3/b16-12+/t11?,17-,21+/m0/s1. The van der Waals surface area contributed by atoms with Gasteiger partial charge in [0.2, 0.25) is 0 Å². The molecule has 0 aromatic heterocycles. The van der Waals surface area contributed by atoms with Crippen LogP contribution in [-0.2, 0) is 9.22 Å². The van der Waals surface area contributed by atoms with Gasteiger partial charge < -0.3 is 9.53 Å². The fourth-order valence-electron chi connectivity index (χ4n) is 3.39. The van der Waals surface area contributed by atoms with Gasteiger partial charge in [-0.2, -0.15) is 0 Å². The average molecular weight is 365 g/mol. The monoisotopic (exact) mass is 364 g/mol. The van der Waals surface area contributed by atoms with E-state index in [2.05, 4.69) is 53.4 Å². The van der Waals surface area contributed by atoms with Crippen LogP contribution in [0.2, 0.25) is 18.1 Å². The first-order chi connectivity index (χ1) is 11.1. The summed E-state index contributed by atoms with van der Waals surface area (Å²) in [6.07, 6.45) is 5.54. The summed E-state index contributed by atoms with van der Waals surface area (Å²) in [5.41, 5.74) is 3.80. The highest BCUT2D eigenvalue weighted by atomic mass is 28.4. The molecule has 0 bridgehead atoms. The van der Waals surface area contributed by atoms with Crippen molar-refractivity contribution in [1.82, 2.24) is 0 Å². The Morgan fingerprint density at radius 2 is 1.84 bits per heavy atom. The van der Waals surface area contributed by atoms with Crippen molar-refractivity contribution in [1.29, 1.82) is 0 Å². The largest absolute Gasteiger partial charge is 0.414 e. The molecule has 3 nitrogen and oxygen atoms in total. The second-order valence-electron chi connectivity index (χ2n) is 9.78. The SMILES string of the molecule is C/C(C=C=C1C(C)(C)C[C@H](O[Si](C)(C)C(C)(C)C)C[C@@]1(C)O)=C\C=O. The molecule has 1 saturated carbocycles. The van der Waals surface area contributed by atoms with Gasteiger partial charge in [0.05, 0.1) is 5.60 Å². The van der Waals surface area contributed by atoms with Crippen LogP contribution in [0.1, 0.15) is 61.3 Å². The van der Waals surface area contributed by atoms with Gasteiger partial charge in [-0.1, -0.05) is 34.6 Å². The summed E-state index contributed by atoms with van der Waals surface area (Å²) in [4.78, 5) is 10.6. The van der Waals surface area contributed by atoms with Crippen molar-refractivity contribution >= 4 is 14.6 Å². The molecule has 1 aliphatic carbocycles. The number of hydrogen-bond donors (Lipinski definition) is 1. The van der Waals surface area contributed by atoms with E-state index in [1.165, 1.54) is 6.08 Å². The van der Waals surface area contributed by atoms with Crippen LogP contribution in [0.15, 0.2) is 29.0 Å². The fraction of sp³-hybridized carbons (Fsp3) is 0.714. The van der Waals surface area contributed by atoms with Crippen molar-refractivity contribution in [2.24, 2.45) is 5.41 Å². The van der Waals surface area contributed by atoms with Gasteiger partial charge in [-0.15, -0.1) is 5.73 Å². The predicted octanol–water partition coefficient (Wildman–Crippen LogP) is 5.17. The molecule has 0 saturated heterocycles. The number of hydrogen-bond acceptors (Lipinski definition) is 3. The number of allylic oxidation sites excluding steroid dienone is 2. The van der Waals surface area contributed by atoms with Gasteiger partial charge in [0.1, 0.15) is 6.29 Å². The lowest BCUT2D eigenvalue weighted by Crippen LogP contribution is -2.51. The van der Waals surface area contributed by atoms with E-state index in [-0.39, 0.29) is 16.6 Å². The highest BCUT2D eigenvalue weighted by Gasteiger charge is 2.48. The van der Waals surface area contributed by atoms with Crippen LogP contribution in [0, 0.1) is 5.41 Å². The maximum Gasteiger partial charge on any atom is 0.192 e. The van der Waals surface area contributed by atoms with Gasteiger partial charge in [-0.05, 0) is 61.5 Å². The smallest absolute Gasteiger partial charge is 0.192 e. The second-order valence-corrected chi connectivity index (χ2v) is 14.5. The maximum absolute atomic E-state index is 11.1. The molecule has 2 atom stereocenters. The lowest BCUT2D eigenvalue weighted by molar-refractivity contribution is -0.104. The quantitative estimate of drug-likeness (QED) is 0.246. The van der Waals surface area contributed by atoms with Crippen molar-refractivity contribution in [3.8, 4) is 0 Å². The van der Waals surface area contributed by atoms with Crippen molar-refractivity contribution in [3.63, 3.8) is 0 Å². The Morgan fingerprint density at radius 3 is 2.28 bits per heavy atom. The van der Waals surface area contributed by atoms with Gasteiger partial charge in [0.25, 0.3) is 0 Å². The topological polar surface area (TPSA) is 46.5 Å². The lowest BCUT2D eigenvalue weighted by Gasteiger charge is -2.48. The van der Waals surface area contributed by atoms with Crippen molar-refractivity contribution in [2.45, 2.75) is 91.1 Å². The van der Waals surface area contributed by atoms with Crippen LogP contribution in [-0.4, -0.2) is 31.4 Å². The fourth-order valence-corrected chi connectivity index (χ4v) is 4.74. The first-order valence-electron chi connectivity index (χ1n) is 9.12. The van der Waals surface area contributed by atoms with E-state index in [4.69, 9.17) is 4.43 Å². The van der Waals surface area contributed by atoms with E-state index in [0.717, 1.165) is 23.9 Å². The average Bonchev–Trinajstić information content (AvgIpc) is 2.33. The molecule has 0 unspecified atom stereocenters. The summed E-state index contributed by atoms with van der Waals surface area (Å²) < 4.78 is 6.60. The minimum atomic E-state index is -1.88. The minimum absolute atomic E-state index is 0.0445. The van der Waals surface area contributed by atoms with Crippen molar-refractivity contribution < 1.29 is 14.3 Å². The van der Waals surface area contributed by atoms with Crippen LogP contribution < -0.4 is 0 Å². The zero-order valence-corrected chi connectivity index (χ0v) is 18.5. The first kappa shape index (κ1) is 22.1. The first-order valence-corrected chi connectivity index (χ1v) is 12.0. The molecule has 0 aromatic carbocycles. The Bertz CT molecular complexity index is 577. The zero-order valence-electron chi connectivity index (χ0n) is 17.5. The number of carbonyl (C=O) groups is 1. The van der Waals surface area contributed by atoms with Gasteiger partial charge in [-0.3, -0.25) is 4.79 Å². The normalized spacial score (nSPS) is 27.7. The lowest BCUT2D eigenvalue weighted by atomic mass is 9.65. The third-order valence-electron chi connectivity index (χ3n) is 5.62. The zero-order chi connectivity index (χ0) is 19.7. The minimum Gasteiger partial charge on any atom is -0.414 e. The summed E-state index contributed by atoms with van der Waals surface area (Å²) in [5, 5.41) is 11.3. The summed E-state index contributed by atoms with van der Waals surface area (Å²) >= 11 is 0. The molecule has 0 spiro atoms. The Hall–Kier alpha value is -0.933. The summed E-state index contributed by atoms with van der Waals surface area (Å²) in [6, 6.07) is 0. The second kappa shape index (κ2) is 7.36. The summed E-state index contributed by atoms with van der Waals surface area (Å²) in [5.74, 6) is 0. The number of aliphatic hydroxyl groups is 1. The third kappa shape index (κ3) is 5.52. The Morgan fingerprint density at radius 1 is 1.28 bits per heavy atom. The van der Waals surface area contributed by atoms with Crippen LogP contribution in [0.25, 0.3) is 0 Å². The molecular weight excluding hydrogens is 328 g/mol. The van der Waals surface area contributed by atoms with E-state index < -0.39 is 13.9 Å². The molecule has 0 heterocycles. The highest BCUT2D eigenvalue weighted by Crippen LogP contribution is 2.48. The predicted molar refractivity (Wildman–Crippen MR) is 107 cm³/mol. The van der Waals surface area contributed by atoms with Crippen LogP contribution in [0.5, 0.6) is 0 Å². The van der Waals surface area contributed by atoms with Crippen LogP contribution in [0.3, 0.4) is 0 Å². The Kier molecular flexibility index (Phi) is 6.51. The molecule has 0 aromatic rings. The molecule has 0 amide bonds. The van der Waals surface area contributed by atoms with E-state index in [9.17, 15) is 9.90 Å². The molecule has 0 radical (unpaired) electrons. The molecule has 1 rings (SSSR count). The van der Waals surface area contributed by atoms with Crippen molar-refractivity contribution in [3.05, 3.63) is 29.0 Å². The third-order valence-corrected chi connectivity index (χ3v) is 10.2. The van der Waals surface area contributed by atoms with E-state index >= 15 is 0 Å². The maximum atomic E-state index is 11.1. The van der Waals surface area contributed by atoms with Crippen LogP contribution in [0.4, 0.5) is 0 Å². The number of carbonyl (C=O) groups excluding carboxylic acids is 1. The van der Waals surface area contributed by atoms with Crippen LogP contribution >= 0.6 is 0 Å². The molecule has 1 N–H and O–H groups in total. The van der Waals surface area contributed by atoms with E-state index in [1.54, 1.807) is 6.08 Å².